The lowest BCUT2D eigenvalue weighted by Gasteiger charge is -2.28. The number of rotatable bonds is 15. The minimum absolute atomic E-state index is 0.0715. The second-order valence-electron chi connectivity index (χ2n) is 10.3. The van der Waals surface area contributed by atoms with Crippen molar-refractivity contribution >= 4 is 40.6 Å². The monoisotopic (exact) mass is 585 g/mol. The van der Waals surface area contributed by atoms with Crippen LogP contribution in [0.4, 0.5) is 4.79 Å². The fraction of sp³-hybridized carbons (Fsp3) is 0.433. The van der Waals surface area contributed by atoms with Gasteiger partial charge in [0.15, 0.2) is 0 Å². The molecule has 0 aliphatic carbocycles. The van der Waals surface area contributed by atoms with Crippen LogP contribution in [0.3, 0.4) is 0 Å². The number of thiophene rings is 2. The zero-order valence-electron chi connectivity index (χ0n) is 23.4. The Morgan fingerprint density at radius 2 is 1.55 bits per heavy atom. The molecular formula is C30H39N3O5S2. The molecule has 0 saturated heterocycles. The normalized spacial score (nSPS) is 12.0. The number of hydrogen-bond donors (Lipinski definition) is 2. The van der Waals surface area contributed by atoms with E-state index in [9.17, 15) is 14.4 Å². The fourth-order valence-electron chi connectivity index (χ4n) is 3.95. The van der Waals surface area contributed by atoms with Gasteiger partial charge in [-0.15, -0.1) is 22.7 Å². The van der Waals surface area contributed by atoms with Crippen LogP contribution in [0, 0.1) is 0 Å². The second kappa shape index (κ2) is 16.2. The molecule has 40 heavy (non-hydrogen) atoms. The van der Waals surface area contributed by atoms with Gasteiger partial charge in [-0.3, -0.25) is 14.9 Å². The van der Waals surface area contributed by atoms with Gasteiger partial charge in [0.05, 0.1) is 32.3 Å². The number of nitrogens with zero attached hydrogens (tertiary/aromatic N) is 1. The van der Waals surface area contributed by atoms with Crippen LogP contribution in [0.1, 0.15) is 55.4 Å². The summed E-state index contributed by atoms with van der Waals surface area (Å²) in [4.78, 5) is 42.3. The van der Waals surface area contributed by atoms with E-state index < -0.39 is 23.7 Å². The molecule has 3 aromatic rings. The van der Waals surface area contributed by atoms with Gasteiger partial charge < -0.3 is 19.7 Å². The maximum Gasteiger partial charge on any atom is 0.407 e. The Morgan fingerprint density at radius 3 is 2.12 bits per heavy atom. The molecule has 0 aliphatic heterocycles. The van der Waals surface area contributed by atoms with E-state index in [4.69, 9.17) is 9.47 Å². The highest BCUT2D eigenvalue weighted by Crippen LogP contribution is 2.19. The molecule has 0 fully saturated rings. The maximum absolute atomic E-state index is 13.8. The summed E-state index contributed by atoms with van der Waals surface area (Å²) in [6.45, 7) is 6.98. The number of unbranched alkanes of at least 4 members (excludes halogenated alkanes) is 1. The predicted molar refractivity (Wildman–Crippen MR) is 159 cm³/mol. The molecule has 0 unspecified atom stereocenters. The van der Waals surface area contributed by atoms with Gasteiger partial charge in [0.25, 0.3) is 0 Å². The summed E-state index contributed by atoms with van der Waals surface area (Å²) in [7, 11) is 0. The number of carbonyl (C=O) groups is 3. The number of esters is 1. The van der Waals surface area contributed by atoms with Gasteiger partial charge in [-0.05, 0) is 68.5 Å². The fourth-order valence-corrected chi connectivity index (χ4v) is 5.39. The largest absolute Gasteiger partial charge is 0.459 e. The summed E-state index contributed by atoms with van der Waals surface area (Å²) in [6, 6.07) is 17.0. The lowest BCUT2D eigenvalue weighted by atomic mass is 10.1. The smallest absolute Gasteiger partial charge is 0.407 e. The molecule has 1 aromatic carbocycles. The topological polar surface area (TPSA) is 97.0 Å². The first-order valence-corrected chi connectivity index (χ1v) is 15.2. The molecule has 2 aromatic heterocycles. The molecule has 1 atom stereocenters. The van der Waals surface area contributed by atoms with Gasteiger partial charge in [0, 0.05) is 16.3 Å². The molecular weight excluding hydrogens is 546 g/mol. The molecule has 0 radical (unpaired) electrons. The Labute approximate surface area is 244 Å². The van der Waals surface area contributed by atoms with Gasteiger partial charge in [-0.2, -0.15) is 0 Å². The summed E-state index contributed by atoms with van der Waals surface area (Å²) in [5.74, 6) is -0.487. The molecule has 0 saturated carbocycles. The van der Waals surface area contributed by atoms with Gasteiger partial charge in [0.2, 0.25) is 5.91 Å². The minimum atomic E-state index is -0.610. The number of nitrogens with one attached hydrogen (secondary N) is 2. The average Bonchev–Trinajstić information content (AvgIpc) is 3.62. The van der Waals surface area contributed by atoms with Crippen LogP contribution in [0.25, 0.3) is 0 Å². The van der Waals surface area contributed by atoms with E-state index in [1.807, 2.05) is 91.0 Å². The van der Waals surface area contributed by atoms with Crippen LogP contribution in [0.5, 0.6) is 0 Å². The number of alkyl carbamates (subject to hydrolysis) is 1. The highest BCUT2D eigenvalue weighted by molar-refractivity contribution is 7.10. The molecule has 2 amide bonds. The Morgan fingerprint density at radius 1 is 0.900 bits per heavy atom. The van der Waals surface area contributed by atoms with Crippen molar-refractivity contribution < 1.29 is 23.9 Å². The van der Waals surface area contributed by atoms with Crippen molar-refractivity contribution in [2.45, 2.75) is 71.3 Å². The summed E-state index contributed by atoms with van der Waals surface area (Å²) in [5.41, 5.74) is 0.382. The van der Waals surface area contributed by atoms with Gasteiger partial charge >= 0.3 is 12.1 Å². The molecule has 216 valence electrons. The second-order valence-corrected chi connectivity index (χ2v) is 12.4. The Kier molecular flexibility index (Phi) is 12.6. The lowest BCUT2D eigenvalue weighted by Crippen LogP contribution is -2.48. The van der Waals surface area contributed by atoms with Crippen molar-refractivity contribution in [3.05, 3.63) is 80.7 Å². The summed E-state index contributed by atoms with van der Waals surface area (Å²) >= 11 is 3.22. The number of ether oxygens (including phenoxy) is 2. The summed E-state index contributed by atoms with van der Waals surface area (Å²) in [5, 5.41) is 9.88. The van der Waals surface area contributed by atoms with E-state index in [1.165, 1.54) is 0 Å². The van der Waals surface area contributed by atoms with Crippen molar-refractivity contribution in [2.75, 3.05) is 13.2 Å². The first-order valence-electron chi connectivity index (χ1n) is 13.4. The van der Waals surface area contributed by atoms with Crippen LogP contribution in [0.2, 0.25) is 0 Å². The van der Waals surface area contributed by atoms with Crippen LogP contribution in [-0.2, 0) is 38.7 Å². The van der Waals surface area contributed by atoms with Gasteiger partial charge in [0.1, 0.15) is 5.60 Å². The zero-order chi connectivity index (χ0) is 28.8. The van der Waals surface area contributed by atoms with Crippen molar-refractivity contribution in [2.24, 2.45) is 0 Å². The molecule has 2 heterocycles. The third-order valence-corrected chi connectivity index (χ3v) is 7.50. The molecule has 0 bridgehead atoms. The minimum Gasteiger partial charge on any atom is -0.459 e. The van der Waals surface area contributed by atoms with Crippen molar-refractivity contribution in [3.63, 3.8) is 0 Å². The van der Waals surface area contributed by atoms with E-state index in [0.29, 0.717) is 38.9 Å². The van der Waals surface area contributed by atoms with Crippen molar-refractivity contribution in [3.8, 4) is 0 Å². The highest BCUT2D eigenvalue weighted by atomic mass is 32.1. The molecule has 8 nitrogen and oxygen atoms in total. The third-order valence-electron chi connectivity index (χ3n) is 5.78. The summed E-state index contributed by atoms with van der Waals surface area (Å²) < 4.78 is 10.7. The lowest BCUT2D eigenvalue weighted by molar-refractivity contribution is -0.153. The van der Waals surface area contributed by atoms with Crippen LogP contribution in [0.15, 0.2) is 65.4 Å². The predicted octanol–water partition coefficient (Wildman–Crippen LogP) is 5.74. The number of hydrogen-bond acceptors (Lipinski definition) is 8. The zero-order valence-corrected chi connectivity index (χ0v) is 25.0. The van der Waals surface area contributed by atoms with E-state index in [-0.39, 0.29) is 19.1 Å². The standard InChI is InChI=1S/C30H39N3O5S2/c1-30(2,3)38-27(34)20-31-26(15-7-8-16-37-29(36)32-19-23-11-5-4-6-12-23)28(35)33(21-24-13-9-17-39-24)22-25-14-10-18-40-25/h4-6,9-14,17-18,26,31H,7-8,15-16,19-22H2,1-3H3,(H,32,36)/t26-/m0/s1. The van der Waals surface area contributed by atoms with Crippen LogP contribution < -0.4 is 10.6 Å². The quantitative estimate of drug-likeness (QED) is 0.175. The number of amides is 2. The maximum atomic E-state index is 13.8. The van der Waals surface area contributed by atoms with E-state index >= 15 is 0 Å². The summed E-state index contributed by atoms with van der Waals surface area (Å²) in [6.07, 6.45) is 1.24. The number of benzene rings is 1. The van der Waals surface area contributed by atoms with Gasteiger partial charge in [-0.25, -0.2) is 4.79 Å². The van der Waals surface area contributed by atoms with Gasteiger partial charge in [-0.1, -0.05) is 42.5 Å². The van der Waals surface area contributed by atoms with Crippen molar-refractivity contribution in [1.29, 1.82) is 0 Å². The number of carbonyl (C=O) groups excluding carboxylic acids is 3. The Bertz CT molecular complexity index is 1130. The molecule has 10 heteroatoms. The molecule has 3 rings (SSSR count). The third kappa shape index (κ3) is 11.9. The first-order chi connectivity index (χ1) is 19.2. The highest BCUT2D eigenvalue weighted by Gasteiger charge is 2.26. The molecule has 0 spiro atoms. The van der Waals surface area contributed by atoms with Crippen LogP contribution in [-0.4, -0.2) is 47.7 Å². The molecule has 0 aliphatic rings. The molecule has 2 N–H and O–H groups in total. The first kappa shape index (κ1) is 31.3. The van der Waals surface area contributed by atoms with E-state index in [2.05, 4.69) is 10.6 Å². The Balaban J connectivity index is 1.56. The van der Waals surface area contributed by atoms with Crippen LogP contribution >= 0.6 is 22.7 Å². The Hall–Kier alpha value is -3.21. The van der Waals surface area contributed by atoms with E-state index in [0.717, 1.165) is 15.3 Å². The van der Waals surface area contributed by atoms with E-state index in [1.54, 1.807) is 22.7 Å². The average molecular weight is 586 g/mol. The SMILES string of the molecule is CC(C)(C)OC(=O)CN[C@@H](CCCCOC(=O)NCc1ccccc1)C(=O)N(Cc1cccs1)Cc1cccs1. The van der Waals surface area contributed by atoms with Crippen molar-refractivity contribution in [1.82, 2.24) is 15.5 Å².